The van der Waals surface area contributed by atoms with E-state index in [0.29, 0.717) is 0 Å². The summed E-state index contributed by atoms with van der Waals surface area (Å²) in [7, 11) is 0. The van der Waals surface area contributed by atoms with Crippen LogP contribution in [0.1, 0.15) is 29.0 Å². The van der Waals surface area contributed by atoms with E-state index >= 15 is 0 Å². The zero-order chi connectivity index (χ0) is 30.5. The summed E-state index contributed by atoms with van der Waals surface area (Å²) in [5.41, 5.74) is 5.85. The van der Waals surface area contributed by atoms with E-state index in [1.807, 2.05) is 12.1 Å². The van der Waals surface area contributed by atoms with Crippen molar-refractivity contribution in [3.05, 3.63) is 180 Å². The zero-order valence-electron chi connectivity index (χ0n) is 25.2. The predicted molar refractivity (Wildman–Crippen MR) is 193 cm³/mol. The van der Waals surface area contributed by atoms with Crippen molar-refractivity contribution in [1.29, 1.82) is 0 Å². The standard InChI is InChI=1S/C43H31N3/c1-3-13-28(14-4-1)41-44-42(29-15-5-2-6-16-29)46-43(45-41)39-26-25-31(32-17-7-11-21-36(32)39)30-23-24-38-35-20-9-8-18-33(35)34-19-10-12-22-37(34)40(38)27-30/h1-27,41,43,45H,(H,44,46). The number of nitrogens with zero attached hydrogens (tertiary/aromatic N) is 1. The summed E-state index contributed by atoms with van der Waals surface area (Å²) in [5.74, 6) is 0.889. The fourth-order valence-corrected chi connectivity index (χ4v) is 7.17. The molecule has 0 saturated heterocycles. The third-order valence-corrected chi connectivity index (χ3v) is 9.35. The average molecular weight is 590 g/mol. The molecular weight excluding hydrogens is 558 g/mol. The van der Waals surface area contributed by atoms with Crippen LogP contribution in [0.15, 0.2) is 169 Å². The van der Waals surface area contributed by atoms with Crippen molar-refractivity contribution in [2.45, 2.75) is 12.3 Å². The van der Waals surface area contributed by atoms with E-state index in [-0.39, 0.29) is 12.3 Å². The van der Waals surface area contributed by atoms with E-state index < -0.39 is 0 Å². The van der Waals surface area contributed by atoms with Crippen LogP contribution in [0.25, 0.3) is 54.2 Å². The van der Waals surface area contributed by atoms with Crippen molar-refractivity contribution in [3.8, 4) is 11.1 Å². The minimum Gasteiger partial charge on any atom is -0.350 e. The maximum absolute atomic E-state index is 5.11. The lowest BCUT2D eigenvalue weighted by molar-refractivity contribution is 0.411. The Morgan fingerprint density at radius 3 is 1.63 bits per heavy atom. The number of rotatable bonds is 4. The number of fused-ring (bicyclic) bond motifs is 7. The Hall–Kier alpha value is -5.77. The van der Waals surface area contributed by atoms with Gasteiger partial charge in [-0.1, -0.05) is 158 Å². The zero-order valence-corrected chi connectivity index (χ0v) is 25.2. The second kappa shape index (κ2) is 11.0. The number of aliphatic imine (C=N–C) groups is 1. The number of hydrogen-bond acceptors (Lipinski definition) is 3. The van der Waals surface area contributed by atoms with Crippen LogP contribution >= 0.6 is 0 Å². The molecule has 0 radical (unpaired) electrons. The maximum Gasteiger partial charge on any atom is 0.131 e. The van der Waals surface area contributed by atoms with Gasteiger partial charge in [0.25, 0.3) is 0 Å². The lowest BCUT2D eigenvalue weighted by Gasteiger charge is -2.33. The molecule has 0 aromatic heterocycles. The summed E-state index contributed by atoms with van der Waals surface area (Å²) in [6, 6.07) is 58.7. The quantitative estimate of drug-likeness (QED) is 0.200. The molecule has 2 atom stereocenters. The molecule has 0 fully saturated rings. The topological polar surface area (TPSA) is 36.4 Å². The lowest BCUT2D eigenvalue weighted by atomic mass is 9.89. The van der Waals surface area contributed by atoms with Crippen LogP contribution in [0.2, 0.25) is 0 Å². The summed E-state index contributed by atoms with van der Waals surface area (Å²) in [6.45, 7) is 0. The monoisotopic (exact) mass is 589 g/mol. The molecule has 3 heteroatoms. The highest BCUT2D eigenvalue weighted by molar-refractivity contribution is 6.26. The van der Waals surface area contributed by atoms with Crippen molar-refractivity contribution in [3.63, 3.8) is 0 Å². The highest BCUT2D eigenvalue weighted by atomic mass is 15.3. The van der Waals surface area contributed by atoms with Crippen LogP contribution in [0, 0.1) is 0 Å². The molecule has 218 valence electrons. The SMILES string of the molecule is c1ccc(C2=NC(c3ccccc3)NC(c3ccc(-c4ccc5c6ccccc6c6ccccc6c5c4)c4ccccc34)N2)cc1. The van der Waals surface area contributed by atoms with Gasteiger partial charge in [0.15, 0.2) is 0 Å². The van der Waals surface area contributed by atoms with Gasteiger partial charge in [-0.3, -0.25) is 5.32 Å². The van der Waals surface area contributed by atoms with Gasteiger partial charge in [-0.25, -0.2) is 4.99 Å². The van der Waals surface area contributed by atoms with Gasteiger partial charge in [0.05, 0.1) is 0 Å². The Balaban J connectivity index is 1.19. The molecule has 2 N–H and O–H groups in total. The molecule has 1 heterocycles. The molecule has 8 aromatic rings. The molecule has 3 nitrogen and oxygen atoms in total. The Morgan fingerprint density at radius 2 is 0.957 bits per heavy atom. The van der Waals surface area contributed by atoms with Crippen molar-refractivity contribution >= 4 is 48.9 Å². The fourth-order valence-electron chi connectivity index (χ4n) is 7.17. The minimum atomic E-state index is -0.176. The first-order chi connectivity index (χ1) is 22.8. The van der Waals surface area contributed by atoms with Crippen LogP contribution in [0.4, 0.5) is 0 Å². The van der Waals surface area contributed by atoms with Crippen LogP contribution in [-0.2, 0) is 0 Å². The van der Waals surface area contributed by atoms with Crippen LogP contribution in [0.3, 0.4) is 0 Å². The van der Waals surface area contributed by atoms with Gasteiger partial charge in [0, 0.05) is 5.56 Å². The van der Waals surface area contributed by atoms with Gasteiger partial charge in [-0.2, -0.15) is 0 Å². The largest absolute Gasteiger partial charge is 0.350 e. The second-order valence-electron chi connectivity index (χ2n) is 12.0. The van der Waals surface area contributed by atoms with Gasteiger partial charge in [0.2, 0.25) is 0 Å². The van der Waals surface area contributed by atoms with E-state index in [0.717, 1.165) is 17.0 Å². The summed E-state index contributed by atoms with van der Waals surface area (Å²) in [4.78, 5) is 5.11. The number of nitrogens with one attached hydrogen (secondary N) is 2. The minimum absolute atomic E-state index is 0.135. The lowest BCUT2D eigenvalue weighted by Crippen LogP contribution is -2.45. The molecule has 0 saturated carbocycles. The van der Waals surface area contributed by atoms with E-state index in [1.54, 1.807) is 0 Å². The first-order valence-electron chi connectivity index (χ1n) is 15.9. The molecule has 46 heavy (non-hydrogen) atoms. The molecule has 9 rings (SSSR count). The van der Waals surface area contributed by atoms with Crippen molar-refractivity contribution in [2.24, 2.45) is 4.99 Å². The van der Waals surface area contributed by atoms with Gasteiger partial charge < -0.3 is 5.32 Å². The molecule has 0 aliphatic carbocycles. The van der Waals surface area contributed by atoms with Gasteiger partial charge in [-0.15, -0.1) is 0 Å². The molecule has 2 unspecified atom stereocenters. The predicted octanol–water partition coefficient (Wildman–Crippen LogP) is 10.3. The van der Waals surface area contributed by atoms with E-state index in [2.05, 4.69) is 162 Å². The maximum atomic E-state index is 5.11. The van der Waals surface area contributed by atoms with Crippen molar-refractivity contribution in [1.82, 2.24) is 10.6 Å². The Labute approximate surface area is 267 Å². The average Bonchev–Trinajstić information content (AvgIpc) is 3.15. The highest BCUT2D eigenvalue weighted by Gasteiger charge is 2.27. The summed E-state index contributed by atoms with van der Waals surface area (Å²) < 4.78 is 0. The number of amidine groups is 1. The third kappa shape index (κ3) is 4.44. The summed E-state index contributed by atoms with van der Waals surface area (Å²) >= 11 is 0. The first kappa shape index (κ1) is 26.6. The Bertz CT molecular complexity index is 2390. The number of benzene rings is 8. The Kier molecular flexibility index (Phi) is 6.36. The normalized spacial score (nSPS) is 16.5. The number of hydrogen-bond donors (Lipinski definition) is 2. The van der Waals surface area contributed by atoms with Gasteiger partial charge >= 0.3 is 0 Å². The highest BCUT2D eigenvalue weighted by Crippen LogP contribution is 2.40. The third-order valence-electron chi connectivity index (χ3n) is 9.35. The van der Waals surface area contributed by atoms with E-state index in [4.69, 9.17) is 4.99 Å². The molecule has 0 bridgehead atoms. The fraction of sp³-hybridized carbons (Fsp3) is 0.0465. The smallest absolute Gasteiger partial charge is 0.131 e. The molecule has 1 aliphatic rings. The first-order valence-corrected chi connectivity index (χ1v) is 15.9. The molecule has 0 spiro atoms. The summed E-state index contributed by atoms with van der Waals surface area (Å²) in [5, 5.41) is 17.7. The van der Waals surface area contributed by atoms with Crippen molar-refractivity contribution in [2.75, 3.05) is 0 Å². The van der Waals surface area contributed by atoms with E-state index in [1.165, 1.54) is 59.8 Å². The van der Waals surface area contributed by atoms with Crippen LogP contribution in [-0.4, -0.2) is 5.84 Å². The molecule has 0 amide bonds. The van der Waals surface area contributed by atoms with Gasteiger partial charge in [0.1, 0.15) is 18.2 Å². The molecule has 1 aliphatic heterocycles. The van der Waals surface area contributed by atoms with Gasteiger partial charge in [-0.05, 0) is 71.4 Å². The van der Waals surface area contributed by atoms with Crippen molar-refractivity contribution < 1.29 is 0 Å². The van der Waals surface area contributed by atoms with E-state index in [9.17, 15) is 0 Å². The van der Waals surface area contributed by atoms with Crippen LogP contribution < -0.4 is 10.6 Å². The Morgan fingerprint density at radius 1 is 0.413 bits per heavy atom. The molecular formula is C43H31N3. The van der Waals surface area contributed by atoms with Crippen LogP contribution in [0.5, 0.6) is 0 Å². The second-order valence-corrected chi connectivity index (χ2v) is 12.0. The summed E-state index contributed by atoms with van der Waals surface area (Å²) in [6.07, 6.45) is -0.312. The molecule has 8 aromatic carbocycles.